The van der Waals surface area contributed by atoms with Gasteiger partial charge in [0.2, 0.25) is 0 Å². The quantitative estimate of drug-likeness (QED) is 0.916. The van der Waals surface area contributed by atoms with Gasteiger partial charge in [-0.3, -0.25) is 0 Å². The van der Waals surface area contributed by atoms with Crippen molar-refractivity contribution >= 4 is 15.9 Å². The largest absolute Gasteiger partial charge is 0.488 e. The van der Waals surface area contributed by atoms with E-state index in [9.17, 15) is 0 Å². The number of hydrogen-bond acceptors (Lipinski definition) is 2. The van der Waals surface area contributed by atoms with Crippen LogP contribution >= 0.6 is 15.9 Å². The van der Waals surface area contributed by atoms with Crippen LogP contribution in [0.2, 0.25) is 0 Å². The minimum Gasteiger partial charge on any atom is -0.488 e. The molecule has 0 aliphatic carbocycles. The molecule has 0 fully saturated rings. The van der Waals surface area contributed by atoms with Crippen molar-refractivity contribution < 1.29 is 4.74 Å². The molecule has 0 radical (unpaired) electrons. The molecule has 0 saturated heterocycles. The Kier molecular flexibility index (Phi) is 3.55. The lowest BCUT2D eigenvalue weighted by molar-refractivity contribution is 0.209. The molecule has 2 unspecified atom stereocenters. The molecular weight excluding hydrogens is 266 g/mol. The third-order valence-electron chi connectivity index (χ3n) is 2.99. The molecule has 2 atom stereocenters. The summed E-state index contributed by atoms with van der Waals surface area (Å²) in [5.41, 5.74) is 2.49. The van der Waals surface area contributed by atoms with Crippen LogP contribution in [0.5, 0.6) is 5.75 Å². The van der Waals surface area contributed by atoms with Gasteiger partial charge >= 0.3 is 0 Å². The molecule has 1 N–H and O–H groups in total. The molecule has 0 aromatic heterocycles. The van der Waals surface area contributed by atoms with Gasteiger partial charge in [0, 0.05) is 10.0 Å². The molecule has 2 rings (SSSR count). The highest BCUT2D eigenvalue weighted by molar-refractivity contribution is 9.10. The third-order valence-corrected chi connectivity index (χ3v) is 3.45. The summed E-state index contributed by atoms with van der Waals surface area (Å²) in [7, 11) is 0. The first-order valence-corrected chi connectivity index (χ1v) is 6.63. The van der Waals surface area contributed by atoms with Gasteiger partial charge in [-0.2, -0.15) is 0 Å². The van der Waals surface area contributed by atoms with Gasteiger partial charge < -0.3 is 10.1 Å². The highest BCUT2D eigenvalue weighted by atomic mass is 79.9. The van der Waals surface area contributed by atoms with Gasteiger partial charge in [-0.05, 0) is 44.5 Å². The maximum Gasteiger partial charge on any atom is 0.127 e. The summed E-state index contributed by atoms with van der Waals surface area (Å²) >= 11 is 3.55. The Hall–Kier alpha value is -0.540. The third kappa shape index (κ3) is 2.11. The van der Waals surface area contributed by atoms with Crippen molar-refractivity contribution in [3.63, 3.8) is 0 Å². The lowest BCUT2D eigenvalue weighted by Gasteiger charge is -2.16. The minimum atomic E-state index is 0.217. The molecule has 0 spiro atoms. The number of benzene rings is 1. The van der Waals surface area contributed by atoms with Gasteiger partial charge in [0.1, 0.15) is 11.9 Å². The fourth-order valence-corrected chi connectivity index (χ4v) is 2.82. The maximum absolute atomic E-state index is 5.92. The average Bonchev–Trinajstić information content (AvgIpc) is 2.53. The van der Waals surface area contributed by atoms with Crippen LogP contribution in [-0.4, -0.2) is 12.6 Å². The second-order valence-corrected chi connectivity index (χ2v) is 5.31. The Labute approximate surface area is 106 Å². The molecule has 16 heavy (non-hydrogen) atoms. The zero-order chi connectivity index (χ0) is 11.7. The Morgan fingerprint density at radius 1 is 1.44 bits per heavy atom. The van der Waals surface area contributed by atoms with E-state index < -0.39 is 0 Å². The topological polar surface area (TPSA) is 21.3 Å². The van der Waals surface area contributed by atoms with Crippen LogP contribution in [0.4, 0.5) is 0 Å². The van der Waals surface area contributed by atoms with E-state index in [-0.39, 0.29) is 6.10 Å². The zero-order valence-electron chi connectivity index (χ0n) is 10.0. The Bertz CT molecular complexity index is 392. The summed E-state index contributed by atoms with van der Waals surface area (Å²) in [5, 5.41) is 3.55. The molecule has 0 saturated carbocycles. The van der Waals surface area contributed by atoms with E-state index in [0.717, 1.165) is 23.2 Å². The summed E-state index contributed by atoms with van der Waals surface area (Å²) < 4.78 is 7.05. The van der Waals surface area contributed by atoms with Gasteiger partial charge in [-0.1, -0.05) is 22.9 Å². The maximum atomic E-state index is 5.92. The minimum absolute atomic E-state index is 0.217. The van der Waals surface area contributed by atoms with E-state index in [0.29, 0.717) is 6.04 Å². The van der Waals surface area contributed by atoms with Crippen molar-refractivity contribution in [3.05, 3.63) is 27.7 Å². The van der Waals surface area contributed by atoms with Gasteiger partial charge in [0.25, 0.3) is 0 Å². The SMILES string of the molecule is CCCNC1c2cc(Br)cc(C)c2OC1C. The lowest BCUT2D eigenvalue weighted by atomic mass is 10.0. The number of ether oxygens (including phenoxy) is 1. The number of nitrogens with one attached hydrogen (secondary N) is 1. The monoisotopic (exact) mass is 283 g/mol. The second kappa shape index (κ2) is 4.76. The summed E-state index contributed by atoms with van der Waals surface area (Å²) in [6, 6.07) is 4.60. The van der Waals surface area contributed by atoms with Crippen molar-refractivity contribution in [1.29, 1.82) is 0 Å². The number of rotatable bonds is 3. The molecule has 88 valence electrons. The standard InChI is InChI=1S/C13H18BrNO/c1-4-5-15-12-9(3)16-13-8(2)6-10(14)7-11(12)13/h6-7,9,12,15H,4-5H2,1-3H3. The zero-order valence-corrected chi connectivity index (χ0v) is 11.6. The van der Waals surface area contributed by atoms with E-state index >= 15 is 0 Å². The summed E-state index contributed by atoms with van der Waals surface area (Å²) in [5.74, 6) is 1.06. The molecule has 1 heterocycles. The fourth-order valence-electron chi connectivity index (χ4n) is 2.23. The first-order valence-electron chi connectivity index (χ1n) is 5.83. The number of fused-ring (bicyclic) bond motifs is 1. The van der Waals surface area contributed by atoms with Crippen molar-refractivity contribution in [1.82, 2.24) is 5.32 Å². The van der Waals surface area contributed by atoms with Crippen LogP contribution in [0.1, 0.15) is 37.4 Å². The second-order valence-electron chi connectivity index (χ2n) is 4.40. The average molecular weight is 284 g/mol. The molecular formula is C13H18BrNO. The summed E-state index contributed by atoms with van der Waals surface area (Å²) in [6.07, 6.45) is 1.36. The molecule has 1 aliphatic rings. The molecule has 0 bridgehead atoms. The predicted molar refractivity (Wildman–Crippen MR) is 70.0 cm³/mol. The Morgan fingerprint density at radius 2 is 2.19 bits per heavy atom. The first kappa shape index (κ1) is 11.9. The molecule has 1 aliphatic heterocycles. The van der Waals surface area contributed by atoms with Crippen molar-refractivity contribution in [2.24, 2.45) is 0 Å². The van der Waals surface area contributed by atoms with Crippen LogP contribution < -0.4 is 10.1 Å². The molecule has 3 heteroatoms. The number of halogens is 1. The van der Waals surface area contributed by atoms with E-state index in [4.69, 9.17) is 4.74 Å². The smallest absolute Gasteiger partial charge is 0.127 e. The van der Waals surface area contributed by atoms with E-state index in [1.54, 1.807) is 0 Å². The lowest BCUT2D eigenvalue weighted by Crippen LogP contribution is -2.29. The Balaban J connectivity index is 2.32. The highest BCUT2D eigenvalue weighted by Crippen LogP contribution is 2.40. The van der Waals surface area contributed by atoms with E-state index in [2.05, 4.69) is 54.2 Å². The van der Waals surface area contributed by atoms with Crippen LogP contribution in [0.25, 0.3) is 0 Å². The van der Waals surface area contributed by atoms with Crippen LogP contribution in [-0.2, 0) is 0 Å². The van der Waals surface area contributed by atoms with Crippen LogP contribution in [0.15, 0.2) is 16.6 Å². The van der Waals surface area contributed by atoms with Crippen molar-refractivity contribution in [2.45, 2.75) is 39.3 Å². The predicted octanol–water partition coefficient (Wildman–Crippen LogP) is 3.58. The summed E-state index contributed by atoms with van der Waals surface area (Å²) in [6.45, 7) is 7.43. The Morgan fingerprint density at radius 3 is 2.88 bits per heavy atom. The summed E-state index contributed by atoms with van der Waals surface area (Å²) in [4.78, 5) is 0. The van der Waals surface area contributed by atoms with Crippen molar-refractivity contribution in [2.75, 3.05) is 6.54 Å². The van der Waals surface area contributed by atoms with E-state index in [1.165, 1.54) is 11.1 Å². The molecule has 2 nitrogen and oxygen atoms in total. The molecule has 1 aromatic carbocycles. The first-order chi connectivity index (χ1) is 7.63. The molecule has 1 aromatic rings. The normalized spacial score (nSPS) is 23.0. The number of hydrogen-bond donors (Lipinski definition) is 1. The van der Waals surface area contributed by atoms with Gasteiger partial charge in [-0.25, -0.2) is 0 Å². The highest BCUT2D eigenvalue weighted by Gasteiger charge is 2.31. The fraction of sp³-hybridized carbons (Fsp3) is 0.538. The van der Waals surface area contributed by atoms with Crippen LogP contribution in [0.3, 0.4) is 0 Å². The van der Waals surface area contributed by atoms with Crippen molar-refractivity contribution in [3.8, 4) is 5.75 Å². The number of aryl methyl sites for hydroxylation is 1. The van der Waals surface area contributed by atoms with Gasteiger partial charge in [0.05, 0.1) is 6.04 Å². The van der Waals surface area contributed by atoms with Crippen LogP contribution in [0, 0.1) is 6.92 Å². The van der Waals surface area contributed by atoms with Gasteiger partial charge in [0.15, 0.2) is 0 Å². The van der Waals surface area contributed by atoms with E-state index in [1.807, 2.05) is 0 Å². The van der Waals surface area contributed by atoms with Gasteiger partial charge in [-0.15, -0.1) is 0 Å². The molecule has 0 amide bonds.